The largest absolute Gasteiger partial charge is 0.478 e. The van der Waals surface area contributed by atoms with Crippen molar-refractivity contribution < 1.29 is 9.90 Å². The van der Waals surface area contributed by atoms with Crippen molar-refractivity contribution in [1.29, 1.82) is 0 Å². The quantitative estimate of drug-likeness (QED) is 0.823. The lowest BCUT2D eigenvalue weighted by Gasteiger charge is -2.23. The molecule has 1 unspecified atom stereocenters. The molecule has 1 aromatic rings. The monoisotopic (exact) mass is 256 g/mol. The molecule has 0 amide bonds. The van der Waals surface area contributed by atoms with E-state index < -0.39 is 5.97 Å². The lowest BCUT2D eigenvalue weighted by molar-refractivity contribution is 0.0697. The Morgan fingerprint density at radius 3 is 2.76 bits per heavy atom. The number of rotatable bonds is 5. The van der Waals surface area contributed by atoms with Crippen LogP contribution in [0.3, 0.4) is 0 Å². The van der Waals surface area contributed by atoms with Crippen molar-refractivity contribution in [2.75, 3.05) is 18.5 Å². The van der Waals surface area contributed by atoms with E-state index in [1.807, 2.05) is 11.9 Å². The molecule has 0 saturated carbocycles. The van der Waals surface area contributed by atoms with Crippen LogP contribution in [0.4, 0.5) is 5.82 Å². The summed E-state index contributed by atoms with van der Waals surface area (Å²) in [4.78, 5) is 17.0. The molecule has 4 nitrogen and oxygen atoms in total. The van der Waals surface area contributed by atoms with Gasteiger partial charge in [0.2, 0.25) is 0 Å². The van der Waals surface area contributed by atoms with E-state index in [0.717, 1.165) is 13.0 Å². The summed E-state index contributed by atoms with van der Waals surface area (Å²) in [5.41, 5.74) is 0.181. The third-order valence-electron chi connectivity index (χ3n) is 2.72. The Morgan fingerprint density at radius 1 is 1.59 bits per heavy atom. The molecule has 17 heavy (non-hydrogen) atoms. The van der Waals surface area contributed by atoms with Crippen molar-refractivity contribution in [3.05, 3.63) is 22.8 Å². The van der Waals surface area contributed by atoms with Crippen LogP contribution in [0, 0.1) is 5.92 Å². The van der Waals surface area contributed by atoms with E-state index in [1.165, 1.54) is 12.1 Å². The van der Waals surface area contributed by atoms with Crippen molar-refractivity contribution in [3.63, 3.8) is 0 Å². The van der Waals surface area contributed by atoms with E-state index in [0.29, 0.717) is 16.9 Å². The zero-order valence-electron chi connectivity index (χ0n) is 10.3. The number of pyridine rings is 1. The molecule has 5 heteroatoms. The highest BCUT2D eigenvalue weighted by Crippen LogP contribution is 2.21. The topological polar surface area (TPSA) is 53.4 Å². The van der Waals surface area contributed by atoms with E-state index in [-0.39, 0.29) is 5.56 Å². The number of halogens is 1. The molecule has 0 bridgehead atoms. The van der Waals surface area contributed by atoms with Gasteiger partial charge in [0.15, 0.2) is 0 Å². The maximum Gasteiger partial charge on any atom is 0.339 e. The van der Waals surface area contributed by atoms with Gasteiger partial charge in [-0.3, -0.25) is 0 Å². The number of carbonyl (C=O) groups is 1. The standard InChI is InChI=1S/C12H17ClN2O2/c1-4-8(2)7-15(3)11-9(12(16)17)5-6-10(13)14-11/h5-6,8H,4,7H2,1-3H3,(H,16,17). The molecule has 94 valence electrons. The normalized spacial score (nSPS) is 12.2. The Labute approximate surface area is 106 Å². The maximum atomic E-state index is 11.1. The fraction of sp³-hybridized carbons (Fsp3) is 0.500. The van der Waals surface area contributed by atoms with E-state index >= 15 is 0 Å². The second kappa shape index (κ2) is 5.87. The van der Waals surface area contributed by atoms with Crippen LogP contribution in [0.25, 0.3) is 0 Å². The van der Waals surface area contributed by atoms with Crippen LogP contribution in [0.15, 0.2) is 12.1 Å². The van der Waals surface area contributed by atoms with Gasteiger partial charge in [-0.15, -0.1) is 0 Å². The highest BCUT2D eigenvalue weighted by Gasteiger charge is 2.16. The van der Waals surface area contributed by atoms with Gasteiger partial charge in [0, 0.05) is 13.6 Å². The van der Waals surface area contributed by atoms with Gasteiger partial charge in [-0.25, -0.2) is 9.78 Å². The fourth-order valence-corrected chi connectivity index (χ4v) is 1.71. The van der Waals surface area contributed by atoms with Crippen LogP contribution < -0.4 is 4.90 Å². The summed E-state index contributed by atoms with van der Waals surface area (Å²) < 4.78 is 0. The molecule has 1 heterocycles. The van der Waals surface area contributed by atoms with Crippen molar-refractivity contribution >= 4 is 23.4 Å². The highest BCUT2D eigenvalue weighted by molar-refractivity contribution is 6.29. The lowest BCUT2D eigenvalue weighted by Crippen LogP contribution is -2.26. The minimum atomic E-state index is -0.986. The molecule has 1 atom stereocenters. The third kappa shape index (κ3) is 3.60. The molecule has 0 spiro atoms. The predicted octanol–water partition coefficient (Wildman–Crippen LogP) is 2.92. The molecule has 0 aliphatic heterocycles. The summed E-state index contributed by atoms with van der Waals surface area (Å²) in [6.45, 7) is 4.97. The smallest absolute Gasteiger partial charge is 0.339 e. The van der Waals surface area contributed by atoms with E-state index in [2.05, 4.69) is 18.8 Å². The Balaban J connectivity index is 3.02. The van der Waals surface area contributed by atoms with E-state index in [4.69, 9.17) is 16.7 Å². The number of carboxylic acid groups (broad SMARTS) is 1. The van der Waals surface area contributed by atoms with Gasteiger partial charge >= 0.3 is 5.97 Å². The van der Waals surface area contributed by atoms with Crippen LogP contribution in [0.1, 0.15) is 30.6 Å². The third-order valence-corrected chi connectivity index (χ3v) is 2.93. The van der Waals surface area contributed by atoms with Gasteiger partial charge in [0.05, 0.1) is 0 Å². The lowest BCUT2D eigenvalue weighted by atomic mass is 10.1. The zero-order chi connectivity index (χ0) is 13.0. The van der Waals surface area contributed by atoms with Crippen molar-refractivity contribution in [2.45, 2.75) is 20.3 Å². The zero-order valence-corrected chi connectivity index (χ0v) is 11.0. The first-order valence-corrected chi connectivity index (χ1v) is 5.94. The first-order valence-electron chi connectivity index (χ1n) is 5.56. The molecular weight excluding hydrogens is 240 g/mol. The van der Waals surface area contributed by atoms with Crippen molar-refractivity contribution in [3.8, 4) is 0 Å². The first-order chi connectivity index (χ1) is 7.95. The number of hydrogen-bond acceptors (Lipinski definition) is 3. The summed E-state index contributed by atoms with van der Waals surface area (Å²) in [7, 11) is 1.83. The average molecular weight is 257 g/mol. The van der Waals surface area contributed by atoms with E-state index in [1.54, 1.807) is 0 Å². The molecule has 1 N–H and O–H groups in total. The van der Waals surface area contributed by atoms with Gasteiger partial charge in [0.25, 0.3) is 0 Å². The minimum absolute atomic E-state index is 0.181. The highest BCUT2D eigenvalue weighted by atomic mass is 35.5. The Morgan fingerprint density at radius 2 is 2.24 bits per heavy atom. The molecular formula is C12H17ClN2O2. The van der Waals surface area contributed by atoms with Crippen molar-refractivity contribution in [2.24, 2.45) is 5.92 Å². The molecule has 0 aliphatic carbocycles. The van der Waals surface area contributed by atoms with Crippen LogP contribution >= 0.6 is 11.6 Å². The number of carboxylic acids is 1. The number of nitrogens with zero attached hydrogens (tertiary/aromatic N) is 2. The summed E-state index contributed by atoms with van der Waals surface area (Å²) >= 11 is 5.81. The van der Waals surface area contributed by atoms with Gasteiger partial charge in [-0.2, -0.15) is 0 Å². The summed E-state index contributed by atoms with van der Waals surface area (Å²) in [6.07, 6.45) is 1.04. The average Bonchev–Trinajstić information content (AvgIpc) is 2.28. The minimum Gasteiger partial charge on any atom is -0.478 e. The second-order valence-electron chi connectivity index (χ2n) is 4.20. The van der Waals surface area contributed by atoms with Crippen LogP contribution in [0.5, 0.6) is 0 Å². The Bertz CT molecular complexity index is 409. The molecule has 0 aliphatic rings. The first kappa shape index (κ1) is 13.8. The van der Waals surface area contributed by atoms with Crippen LogP contribution in [-0.4, -0.2) is 29.7 Å². The van der Waals surface area contributed by atoms with Crippen LogP contribution in [0.2, 0.25) is 5.15 Å². The summed E-state index contributed by atoms with van der Waals surface area (Å²) in [6, 6.07) is 2.98. The maximum absolute atomic E-state index is 11.1. The molecule has 0 radical (unpaired) electrons. The van der Waals surface area contributed by atoms with Gasteiger partial charge < -0.3 is 10.0 Å². The number of hydrogen-bond donors (Lipinski definition) is 1. The number of aromatic nitrogens is 1. The van der Waals surface area contributed by atoms with Crippen LogP contribution in [-0.2, 0) is 0 Å². The molecule has 0 saturated heterocycles. The molecule has 0 aromatic carbocycles. The van der Waals surface area contributed by atoms with Gasteiger partial charge in [-0.05, 0) is 18.1 Å². The Hall–Kier alpha value is -1.29. The summed E-state index contributed by atoms with van der Waals surface area (Å²) in [5, 5.41) is 9.39. The number of aromatic carboxylic acids is 1. The summed E-state index contributed by atoms with van der Waals surface area (Å²) in [5.74, 6) is -0.0899. The molecule has 0 fully saturated rings. The molecule has 1 aromatic heterocycles. The van der Waals surface area contributed by atoms with Crippen molar-refractivity contribution in [1.82, 2.24) is 4.98 Å². The van der Waals surface area contributed by atoms with Gasteiger partial charge in [0.1, 0.15) is 16.5 Å². The molecule has 1 rings (SSSR count). The Kier molecular flexibility index (Phi) is 4.75. The fourth-order valence-electron chi connectivity index (χ4n) is 1.57. The van der Waals surface area contributed by atoms with E-state index in [9.17, 15) is 4.79 Å². The van der Waals surface area contributed by atoms with Gasteiger partial charge in [-0.1, -0.05) is 31.9 Å². The predicted molar refractivity (Wildman–Crippen MR) is 68.9 cm³/mol. The SMILES string of the molecule is CCC(C)CN(C)c1nc(Cl)ccc1C(=O)O. The number of anilines is 1. The second-order valence-corrected chi connectivity index (χ2v) is 4.59.